The number of hydrogen-bond donors (Lipinski definition) is 1. The Bertz CT molecular complexity index is 779. The number of benzene rings is 1. The molecule has 0 radical (unpaired) electrons. The number of nitrogens with zero attached hydrogens (tertiary/aromatic N) is 1. The molecular formula is C19H21FN2O3. The number of carbonyl (C=O) groups excluding carboxylic acids is 1. The van der Waals surface area contributed by atoms with Crippen LogP contribution in [0.25, 0.3) is 0 Å². The number of pyridine rings is 1. The highest BCUT2D eigenvalue weighted by Gasteiger charge is 2.23. The van der Waals surface area contributed by atoms with Gasteiger partial charge in [-0.15, -0.1) is 0 Å². The summed E-state index contributed by atoms with van der Waals surface area (Å²) in [5.74, 6) is -0.308. The number of ether oxygens (including phenoxy) is 2. The number of methoxy groups -OCH3 is 2. The summed E-state index contributed by atoms with van der Waals surface area (Å²) in [5, 5.41) is 3.27. The van der Waals surface area contributed by atoms with Crippen LogP contribution in [0.15, 0.2) is 30.6 Å². The molecule has 0 amide bonds. The van der Waals surface area contributed by atoms with Crippen LogP contribution in [0.3, 0.4) is 0 Å². The van der Waals surface area contributed by atoms with E-state index in [0.29, 0.717) is 17.8 Å². The van der Waals surface area contributed by atoms with Crippen LogP contribution in [-0.4, -0.2) is 31.7 Å². The van der Waals surface area contributed by atoms with E-state index in [1.165, 1.54) is 14.2 Å². The molecule has 0 saturated carbocycles. The number of nitrogens with one attached hydrogen (secondary N) is 1. The maximum atomic E-state index is 14.1. The number of esters is 1. The predicted molar refractivity (Wildman–Crippen MR) is 92.7 cm³/mol. The van der Waals surface area contributed by atoms with Gasteiger partial charge in [0.15, 0.2) is 11.6 Å². The molecule has 132 valence electrons. The van der Waals surface area contributed by atoms with E-state index < -0.39 is 5.97 Å². The lowest BCUT2D eigenvalue weighted by molar-refractivity contribution is 0.0601. The van der Waals surface area contributed by atoms with Crippen LogP contribution in [0, 0.1) is 5.82 Å². The summed E-state index contributed by atoms with van der Waals surface area (Å²) in [6.07, 6.45) is 6.06. The van der Waals surface area contributed by atoms with E-state index in [1.54, 1.807) is 30.6 Å². The van der Waals surface area contributed by atoms with Gasteiger partial charge in [0, 0.05) is 18.7 Å². The molecule has 1 aromatic carbocycles. The van der Waals surface area contributed by atoms with E-state index in [4.69, 9.17) is 9.47 Å². The molecule has 0 saturated heterocycles. The van der Waals surface area contributed by atoms with E-state index >= 15 is 0 Å². The third-order valence-electron chi connectivity index (χ3n) is 4.62. The fourth-order valence-electron chi connectivity index (χ4n) is 3.33. The van der Waals surface area contributed by atoms with E-state index in [9.17, 15) is 9.18 Å². The van der Waals surface area contributed by atoms with Gasteiger partial charge in [-0.25, -0.2) is 9.18 Å². The van der Waals surface area contributed by atoms with E-state index in [-0.39, 0.29) is 17.5 Å². The van der Waals surface area contributed by atoms with Crippen LogP contribution in [0.1, 0.15) is 40.2 Å². The highest BCUT2D eigenvalue weighted by molar-refractivity contribution is 5.95. The summed E-state index contributed by atoms with van der Waals surface area (Å²) in [6, 6.07) is 4.98. The van der Waals surface area contributed by atoms with Gasteiger partial charge < -0.3 is 14.8 Å². The minimum Gasteiger partial charge on any atom is -0.494 e. The average molecular weight is 344 g/mol. The average Bonchev–Trinajstić information content (AvgIpc) is 2.65. The van der Waals surface area contributed by atoms with Gasteiger partial charge in [-0.2, -0.15) is 0 Å². The monoisotopic (exact) mass is 344 g/mol. The van der Waals surface area contributed by atoms with Gasteiger partial charge in [-0.1, -0.05) is 0 Å². The fourth-order valence-corrected chi connectivity index (χ4v) is 3.33. The van der Waals surface area contributed by atoms with Crippen molar-refractivity contribution in [3.05, 3.63) is 53.1 Å². The molecule has 0 spiro atoms. The predicted octanol–water partition coefficient (Wildman–Crippen LogP) is 3.55. The quantitative estimate of drug-likeness (QED) is 0.841. The summed E-state index contributed by atoms with van der Waals surface area (Å²) >= 11 is 0. The second-order valence-corrected chi connectivity index (χ2v) is 6.07. The summed E-state index contributed by atoms with van der Waals surface area (Å²) in [5.41, 5.74) is 3.18. The zero-order valence-corrected chi connectivity index (χ0v) is 14.3. The maximum absolute atomic E-state index is 14.1. The van der Waals surface area contributed by atoms with Crippen molar-refractivity contribution >= 4 is 11.7 Å². The van der Waals surface area contributed by atoms with Crippen molar-refractivity contribution in [1.29, 1.82) is 0 Å². The third kappa shape index (κ3) is 3.57. The smallest absolute Gasteiger partial charge is 0.340 e. The van der Waals surface area contributed by atoms with Crippen molar-refractivity contribution in [2.75, 3.05) is 26.1 Å². The Morgan fingerprint density at radius 2 is 2.24 bits per heavy atom. The van der Waals surface area contributed by atoms with Crippen molar-refractivity contribution in [1.82, 2.24) is 4.98 Å². The molecule has 1 aliphatic carbocycles. The SMILES string of the molecule is COC(=O)c1ccncc1NCC1CCCc2cc(OC)c(F)cc21. The lowest BCUT2D eigenvalue weighted by atomic mass is 9.82. The summed E-state index contributed by atoms with van der Waals surface area (Å²) in [7, 11) is 2.82. The van der Waals surface area contributed by atoms with Gasteiger partial charge in [0.25, 0.3) is 0 Å². The first-order chi connectivity index (χ1) is 12.1. The topological polar surface area (TPSA) is 60.5 Å². The second-order valence-electron chi connectivity index (χ2n) is 6.07. The van der Waals surface area contributed by atoms with Crippen LogP contribution in [0.4, 0.5) is 10.1 Å². The molecule has 3 rings (SSSR count). The molecule has 0 fully saturated rings. The zero-order chi connectivity index (χ0) is 17.8. The Morgan fingerprint density at radius 3 is 3.00 bits per heavy atom. The van der Waals surface area contributed by atoms with Gasteiger partial charge in [-0.05, 0) is 48.6 Å². The number of carbonyl (C=O) groups is 1. The Balaban J connectivity index is 1.80. The molecule has 6 heteroatoms. The van der Waals surface area contributed by atoms with Crippen molar-refractivity contribution in [3.63, 3.8) is 0 Å². The van der Waals surface area contributed by atoms with Crippen molar-refractivity contribution in [2.45, 2.75) is 25.2 Å². The summed E-state index contributed by atoms with van der Waals surface area (Å²) in [6.45, 7) is 0.592. The van der Waals surface area contributed by atoms with Gasteiger partial charge >= 0.3 is 5.97 Å². The molecule has 1 heterocycles. The number of rotatable bonds is 5. The first kappa shape index (κ1) is 17.2. The Morgan fingerprint density at radius 1 is 1.40 bits per heavy atom. The lowest BCUT2D eigenvalue weighted by Crippen LogP contribution is -2.20. The number of halogens is 1. The highest BCUT2D eigenvalue weighted by Crippen LogP contribution is 2.35. The first-order valence-electron chi connectivity index (χ1n) is 8.26. The molecular weight excluding hydrogens is 323 g/mol. The van der Waals surface area contributed by atoms with E-state index in [0.717, 1.165) is 30.4 Å². The standard InChI is InChI=1S/C19H21FN2O3/c1-24-18-8-12-4-3-5-13(15(12)9-16(18)20)10-22-17-11-21-7-6-14(17)19(23)25-2/h6-9,11,13,22H,3-5,10H2,1-2H3. The zero-order valence-electron chi connectivity index (χ0n) is 14.3. The Kier molecular flexibility index (Phi) is 5.16. The van der Waals surface area contributed by atoms with Gasteiger partial charge in [0.1, 0.15) is 0 Å². The number of fused-ring (bicyclic) bond motifs is 1. The lowest BCUT2D eigenvalue weighted by Gasteiger charge is -2.27. The molecule has 1 N–H and O–H groups in total. The molecule has 1 unspecified atom stereocenters. The minimum absolute atomic E-state index is 0.162. The normalized spacial score (nSPS) is 16.0. The molecule has 0 bridgehead atoms. The van der Waals surface area contributed by atoms with E-state index in [1.807, 2.05) is 0 Å². The summed E-state index contributed by atoms with van der Waals surface area (Å²) < 4.78 is 24.0. The largest absolute Gasteiger partial charge is 0.494 e. The van der Waals surface area contributed by atoms with Crippen molar-refractivity contribution in [3.8, 4) is 5.75 Å². The third-order valence-corrected chi connectivity index (χ3v) is 4.62. The first-order valence-corrected chi connectivity index (χ1v) is 8.26. The van der Waals surface area contributed by atoms with Crippen LogP contribution in [0.5, 0.6) is 5.75 Å². The van der Waals surface area contributed by atoms with Crippen molar-refractivity contribution < 1.29 is 18.7 Å². The summed E-state index contributed by atoms with van der Waals surface area (Å²) in [4.78, 5) is 15.9. The molecule has 25 heavy (non-hydrogen) atoms. The second kappa shape index (κ2) is 7.51. The number of hydrogen-bond acceptors (Lipinski definition) is 5. The van der Waals surface area contributed by atoms with Gasteiger partial charge in [0.05, 0.1) is 31.7 Å². The number of aryl methyl sites for hydroxylation is 1. The molecule has 1 atom stereocenters. The number of anilines is 1. The van der Waals surface area contributed by atoms with Crippen LogP contribution >= 0.6 is 0 Å². The Labute approximate surface area is 146 Å². The molecule has 1 aromatic heterocycles. The fraction of sp³-hybridized carbons (Fsp3) is 0.368. The van der Waals surface area contributed by atoms with Crippen molar-refractivity contribution in [2.24, 2.45) is 0 Å². The minimum atomic E-state index is -0.412. The molecule has 5 nitrogen and oxygen atoms in total. The van der Waals surface area contributed by atoms with E-state index in [2.05, 4.69) is 10.3 Å². The van der Waals surface area contributed by atoms with Crippen LogP contribution in [-0.2, 0) is 11.2 Å². The van der Waals surface area contributed by atoms with Gasteiger partial charge in [-0.3, -0.25) is 4.98 Å². The van der Waals surface area contributed by atoms with Gasteiger partial charge in [0.2, 0.25) is 0 Å². The number of aromatic nitrogens is 1. The molecule has 2 aromatic rings. The van der Waals surface area contributed by atoms with Crippen LogP contribution < -0.4 is 10.1 Å². The van der Waals surface area contributed by atoms with Crippen LogP contribution in [0.2, 0.25) is 0 Å². The highest BCUT2D eigenvalue weighted by atomic mass is 19.1. The maximum Gasteiger partial charge on any atom is 0.340 e. The molecule has 1 aliphatic rings. The molecule has 0 aliphatic heterocycles. The Hall–Kier alpha value is -2.63.